The summed E-state index contributed by atoms with van der Waals surface area (Å²) in [5.41, 5.74) is 1.36. The molecule has 102 valence electrons. The third kappa shape index (κ3) is 5.51. The summed E-state index contributed by atoms with van der Waals surface area (Å²) >= 11 is 3.46. The molecule has 0 bridgehead atoms. The Balaban J connectivity index is 2.49. The van der Waals surface area contributed by atoms with Gasteiger partial charge in [0.2, 0.25) is 0 Å². The summed E-state index contributed by atoms with van der Waals surface area (Å²) in [7, 11) is 1.76. The van der Waals surface area contributed by atoms with Gasteiger partial charge in [-0.15, -0.1) is 0 Å². The van der Waals surface area contributed by atoms with Gasteiger partial charge in [-0.2, -0.15) is 0 Å². The Bertz CT molecular complexity index is 337. The fourth-order valence-electron chi connectivity index (χ4n) is 2.01. The molecule has 18 heavy (non-hydrogen) atoms. The summed E-state index contributed by atoms with van der Waals surface area (Å²) in [5, 5.41) is 3.64. The zero-order valence-electron chi connectivity index (χ0n) is 11.7. The van der Waals surface area contributed by atoms with E-state index >= 15 is 0 Å². The number of halogens is 1. The molecule has 0 aliphatic heterocycles. The maximum absolute atomic E-state index is 5.26. The van der Waals surface area contributed by atoms with Crippen molar-refractivity contribution in [2.45, 2.75) is 39.3 Å². The lowest BCUT2D eigenvalue weighted by Crippen LogP contribution is -2.43. The minimum absolute atomic E-state index is 0.417. The summed E-state index contributed by atoms with van der Waals surface area (Å²) < 4.78 is 6.39. The van der Waals surface area contributed by atoms with E-state index in [1.807, 2.05) is 0 Å². The summed E-state index contributed by atoms with van der Waals surface area (Å²) in [5.74, 6) is 0.581. The Kier molecular flexibility index (Phi) is 6.90. The first-order valence-corrected chi connectivity index (χ1v) is 7.31. The van der Waals surface area contributed by atoms with E-state index < -0.39 is 0 Å². The second-order valence-corrected chi connectivity index (χ2v) is 6.12. The zero-order chi connectivity index (χ0) is 13.5. The van der Waals surface area contributed by atoms with E-state index in [1.165, 1.54) is 5.56 Å². The van der Waals surface area contributed by atoms with Crippen molar-refractivity contribution in [3.05, 3.63) is 34.3 Å². The van der Waals surface area contributed by atoms with Crippen LogP contribution in [0.15, 0.2) is 28.7 Å². The number of benzene rings is 1. The van der Waals surface area contributed by atoms with Crippen molar-refractivity contribution in [3.63, 3.8) is 0 Å². The predicted octanol–water partition coefficient (Wildman–Crippen LogP) is 3.64. The number of hydrogen-bond donors (Lipinski definition) is 1. The third-order valence-corrected chi connectivity index (χ3v) is 3.63. The van der Waals surface area contributed by atoms with Gasteiger partial charge in [0.1, 0.15) is 0 Å². The molecule has 0 aliphatic rings. The SMILES string of the molecule is COCC(NC(C)Cc1ccc(Br)cc1)C(C)C. The number of ether oxygens (including phenoxy) is 1. The molecular formula is C15H24BrNO. The number of methoxy groups -OCH3 is 1. The minimum Gasteiger partial charge on any atom is -0.383 e. The molecule has 0 spiro atoms. The van der Waals surface area contributed by atoms with Crippen LogP contribution in [0.2, 0.25) is 0 Å². The summed E-state index contributed by atoms with van der Waals surface area (Å²) in [4.78, 5) is 0. The maximum atomic E-state index is 5.26. The van der Waals surface area contributed by atoms with Crippen molar-refractivity contribution in [1.29, 1.82) is 0 Å². The van der Waals surface area contributed by atoms with Crippen LogP contribution in [0.1, 0.15) is 26.3 Å². The Labute approximate surface area is 119 Å². The Morgan fingerprint density at radius 1 is 1.17 bits per heavy atom. The minimum atomic E-state index is 0.417. The van der Waals surface area contributed by atoms with Crippen molar-refractivity contribution >= 4 is 15.9 Å². The molecular weight excluding hydrogens is 290 g/mol. The van der Waals surface area contributed by atoms with E-state index in [1.54, 1.807) is 7.11 Å². The monoisotopic (exact) mass is 313 g/mol. The van der Waals surface area contributed by atoms with Crippen LogP contribution in [0, 0.1) is 5.92 Å². The molecule has 0 radical (unpaired) electrons. The number of rotatable bonds is 7. The molecule has 0 heterocycles. The van der Waals surface area contributed by atoms with Gasteiger partial charge in [0.05, 0.1) is 6.61 Å². The van der Waals surface area contributed by atoms with Gasteiger partial charge < -0.3 is 10.1 Å². The molecule has 1 aromatic rings. The second-order valence-electron chi connectivity index (χ2n) is 5.20. The highest BCUT2D eigenvalue weighted by atomic mass is 79.9. The van der Waals surface area contributed by atoms with E-state index in [4.69, 9.17) is 4.74 Å². The second kappa shape index (κ2) is 7.93. The average Bonchev–Trinajstić information content (AvgIpc) is 2.31. The molecule has 0 saturated heterocycles. The molecule has 1 N–H and O–H groups in total. The van der Waals surface area contributed by atoms with Crippen LogP contribution < -0.4 is 5.32 Å². The van der Waals surface area contributed by atoms with Crippen LogP contribution in [0.4, 0.5) is 0 Å². The first kappa shape index (κ1) is 15.7. The van der Waals surface area contributed by atoms with Crippen molar-refractivity contribution in [1.82, 2.24) is 5.32 Å². The van der Waals surface area contributed by atoms with Crippen LogP contribution in [0.3, 0.4) is 0 Å². The smallest absolute Gasteiger partial charge is 0.0618 e. The molecule has 0 fully saturated rings. The molecule has 0 saturated carbocycles. The van der Waals surface area contributed by atoms with E-state index in [0.717, 1.165) is 17.5 Å². The topological polar surface area (TPSA) is 21.3 Å². The molecule has 2 atom stereocenters. The standard InChI is InChI=1S/C15H24BrNO/c1-11(2)15(10-18-4)17-12(3)9-13-5-7-14(16)8-6-13/h5-8,11-12,15,17H,9-10H2,1-4H3. The van der Waals surface area contributed by atoms with E-state index in [9.17, 15) is 0 Å². The average molecular weight is 314 g/mol. The molecule has 2 nitrogen and oxygen atoms in total. The predicted molar refractivity (Wildman–Crippen MR) is 80.9 cm³/mol. The molecule has 0 amide bonds. The van der Waals surface area contributed by atoms with Crippen LogP contribution in [-0.2, 0) is 11.2 Å². The number of hydrogen-bond acceptors (Lipinski definition) is 2. The van der Waals surface area contributed by atoms with E-state index in [-0.39, 0.29) is 0 Å². The summed E-state index contributed by atoms with van der Waals surface area (Å²) in [6.45, 7) is 7.45. The van der Waals surface area contributed by atoms with Crippen LogP contribution in [-0.4, -0.2) is 25.8 Å². The van der Waals surface area contributed by atoms with Crippen molar-refractivity contribution in [3.8, 4) is 0 Å². The van der Waals surface area contributed by atoms with E-state index in [2.05, 4.69) is 66.3 Å². The van der Waals surface area contributed by atoms with Gasteiger partial charge in [0.15, 0.2) is 0 Å². The van der Waals surface area contributed by atoms with Gasteiger partial charge in [-0.3, -0.25) is 0 Å². The zero-order valence-corrected chi connectivity index (χ0v) is 13.3. The van der Waals surface area contributed by atoms with Crippen LogP contribution in [0.5, 0.6) is 0 Å². The summed E-state index contributed by atoms with van der Waals surface area (Å²) in [6.07, 6.45) is 1.04. The maximum Gasteiger partial charge on any atom is 0.0618 e. The first-order valence-electron chi connectivity index (χ1n) is 6.52. The van der Waals surface area contributed by atoms with Crippen LogP contribution in [0.25, 0.3) is 0 Å². The molecule has 2 unspecified atom stereocenters. The van der Waals surface area contributed by atoms with E-state index in [0.29, 0.717) is 18.0 Å². The van der Waals surface area contributed by atoms with Gasteiger partial charge in [-0.25, -0.2) is 0 Å². The summed E-state index contributed by atoms with van der Waals surface area (Å²) in [6, 6.07) is 9.40. The highest BCUT2D eigenvalue weighted by molar-refractivity contribution is 9.10. The van der Waals surface area contributed by atoms with Crippen molar-refractivity contribution in [2.24, 2.45) is 5.92 Å². The fourth-order valence-corrected chi connectivity index (χ4v) is 2.28. The lowest BCUT2D eigenvalue weighted by Gasteiger charge is -2.26. The van der Waals surface area contributed by atoms with Crippen molar-refractivity contribution in [2.75, 3.05) is 13.7 Å². The van der Waals surface area contributed by atoms with Crippen LogP contribution >= 0.6 is 15.9 Å². The molecule has 0 aromatic heterocycles. The van der Waals surface area contributed by atoms with Gasteiger partial charge in [0, 0.05) is 23.7 Å². The van der Waals surface area contributed by atoms with Gasteiger partial charge in [0.25, 0.3) is 0 Å². The highest BCUT2D eigenvalue weighted by Gasteiger charge is 2.15. The highest BCUT2D eigenvalue weighted by Crippen LogP contribution is 2.12. The lowest BCUT2D eigenvalue weighted by atomic mass is 10.0. The van der Waals surface area contributed by atoms with Crippen molar-refractivity contribution < 1.29 is 4.74 Å². The molecule has 0 aliphatic carbocycles. The third-order valence-electron chi connectivity index (χ3n) is 3.10. The Morgan fingerprint density at radius 3 is 2.28 bits per heavy atom. The Hall–Kier alpha value is -0.380. The Morgan fingerprint density at radius 2 is 1.78 bits per heavy atom. The quantitative estimate of drug-likeness (QED) is 0.829. The van der Waals surface area contributed by atoms with Gasteiger partial charge >= 0.3 is 0 Å². The molecule has 3 heteroatoms. The van der Waals surface area contributed by atoms with Gasteiger partial charge in [-0.05, 0) is 37.0 Å². The fraction of sp³-hybridized carbons (Fsp3) is 0.600. The largest absolute Gasteiger partial charge is 0.383 e. The normalized spacial score (nSPS) is 14.8. The lowest BCUT2D eigenvalue weighted by molar-refractivity contribution is 0.141. The molecule has 1 rings (SSSR count). The van der Waals surface area contributed by atoms with Gasteiger partial charge in [-0.1, -0.05) is 41.9 Å². The number of nitrogens with one attached hydrogen (secondary N) is 1. The molecule has 1 aromatic carbocycles. The first-order chi connectivity index (χ1) is 8.52.